The first-order valence-corrected chi connectivity index (χ1v) is 7.05. The van der Waals surface area contributed by atoms with Gasteiger partial charge in [0.05, 0.1) is 0 Å². The second-order valence-corrected chi connectivity index (χ2v) is 6.19. The van der Waals surface area contributed by atoms with E-state index in [1.165, 1.54) is 17.6 Å². The maximum Gasteiger partial charge on any atom is 0.229 e. The molecule has 3 rings (SSSR count). The predicted molar refractivity (Wildman–Crippen MR) is 70.0 cm³/mol. The fourth-order valence-electron chi connectivity index (χ4n) is 4.01. The molecule has 0 bridgehead atoms. The van der Waals surface area contributed by atoms with Gasteiger partial charge in [0.1, 0.15) is 0 Å². The number of carbonyl (C=O) groups excluding carboxylic acids is 2. The van der Waals surface area contributed by atoms with Gasteiger partial charge in [-0.25, -0.2) is 0 Å². The summed E-state index contributed by atoms with van der Waals surface area (Å²) in [6, 6.07) is 0. The highest BCUT2D eigenvalue weighted by Gasteiger charge is 2.43. The summed E-state index contributed by atoms with van der Waals surface area (Å²) in [6.07, 6.45) is 4.37. The second-order valence-electron chi connectivity index (χ2n) is 6.19. The molecule has 3 aliphatic carbocycles. The number of carbonyl (C=O) groups is 2. The van der Waals surface area contributed by atoms with Crippen LogP contribution < -0.4 is 0 Å². The van der Waals surface area contributed by atoms with Crippen molar-refractivity contribution in [2.24, 2.45) is 17.8 Å². The summed E-state index contributed by atoms with van der Waals surface area (Å²) >= 11 is 0. The van der Waals surface area contributed by atoms with Crippen LogP contribution in [0.2, 0.25) is 0 Å². The van der Waals surface area contributed by atoms with Crippen LogP contribution in [0, 0.1) is 17.8 Å². The zero-order chi connectivity index (χ0) is 13.0. The maximum absolute atomic E-state index is 12.3. The van der Waals surface area contributed by atoms with Gasteiger partial charge < -0.3 is 0 Å². The van der Waals surface area contributed by atoms with Gasteiger partial charge in [-0.3, -0.25) is 9.59 Å². The molecule has 96 valence electrons. The summed E-state index contributed by atoms with van der Waals surface area (Å²) in [6.45, 7) is 6.23. The quantitative estimate of drug-likeness (QED) is 0.484. The van der Waals surface area contributed by atoms with E-state index in [4.69, 9.17) is 0 Å². The van der Waals surface area contributed by atoms with Crippen LogP contribution in [0.5, 0.6) is 0 Å². The molecule has 0 amide bonds. The highest BCUT2D eigenvalue weighted by atomic mass is 16.2. The minimum atomic E-state index is -0.245. The molecule has 0 spiro atoms. The number of hydrogen-bond donors (Lipinski definition) is 0. The third-order valence-electron chi connectivity index (χ3n) is 5.17. The molecule has 1 saturated carbocycles. The largest absolute Gasteiger partial charge is 0.285 e. The average Bonchev–Trinajstić information content (AvgIpc) is 2.35. The van der Waals surface area contributed by atoms with Crippen molar-refractivity contribution in [2.75, 3.05) is 0 Å². The standard InChI is InChI=1S/C16H20O2/c1-8-4-7-12-10(3)15(17)16(18)13-9(2)5-6-11(8)14(12)13/h8-9,11H,4-7H2,1-3H3/t8-,9-,11?/m0/s1. The number of Topliss-reactive ketones (excluding diaryl/α,β-unsaturated/α-hetero) is 2. The van der Waals surface area contributed by atoms with E-state index in [2.05, 4.69) is 13.8 Å². The van der Waals surface area contributed by atoms with Crippen LogP contribution in [0.25, 0.3) is 0 Å². The Morgan fingerprint density at radius 3 is 2.39 bits per heavy atom. The van der Waals surface area contributed by atoms with Crippen LogP contribution >= 0.6 is 0 Å². The molecule has 0 aliphatic heterocycles. The molecule has 3 atom stereocenters. The Bertz CT molecular complexity index is 507. The first kappa shape index (κ1) is 11.9. The second kappa shape index (κ2) is 3.91. The summed E-state index contributed by atoms with van der Waals surface area (Å²) in [5, 5.41) is 0. The van der Waals surface area contributed by atoms with E-state index in [-0.39, 0.29) is 17.5 Å². The van der Waals surface area contributed by atoms with Crippen LogP contribution in [-0.2, 0) is 9.59 Å². The van der Waals surface area contributed by atoms with E-state index in [0.29, 0.717) is 11.8 Å². The Morgan fingerprint density at radius 1 is 0.944 bits per heavy atom. The van der Waals surface area contributed by atoms with E-state index in [1.807, 2.05) is 6.92 Å². The van der Waals surface area contributed by atoms with Crippen molar-refractivity contribution in [1.29, 1.82) is 0 Å². The first-order chi connectivity index (χ1) is 8.52. The molecule has 18 heavy (non-hydrogen) atoms. The molecule has 3 aliphatic rings. The van der Waals surface area contributed by atoms with Gasteiger partial charge >= 0.3 is 0 Å². The monoisotopic (exact) mass is 244 g/mol. The fraction of sp³-hybridized carbons (Fsp3) is 0.625. The molecule has 1 fully saturated rings. The molecule has 2 heteroatoms. The van der Waals surface area contributed by atoms with Crippen molar-refractivity contribution < 1.29 is 9.59 Å². The van der Waals surface area contributed by atoms with Gasteiger partial charge in [0.15, 0.2) is 0 Å². The zero-order valence-electron chi connectivity index (χ0n) is 11.4. The molecule has 0 aromatic heterocycles. The number of ketones is 2. The van der Waals surface area contributed by atoms with E-state index >= 15 is 0 Å². The Kier molecular flexibility index (Phi) is 2.58. The van der Waals surface area contributed by atoms with Gasteiger partial charge in [-0.15, -0.1) is 0 Å². The van der Waals surface area contributed by atoms with E-state index < -0.39 is 0 Å². The van der Waals surface area contributed by atoms with Crippen molar-refractivity contribution in [1.82, 2.24) is 0 Å². The minimum Gasteiger partial charge on any atom is -0.285 e. The Hall–Kier alpha value is -1.18. The van der Waals surface area contributed by atoms with Crippen molar-refractivity contribution in [3.63, 3.8) is 0 Å². The summed E-state index contributed by atoms with van der Waals surface area (Å²) < 4.78 is 0. The molecule has 0 saturated heterocycles. The first-order valence-electron chi connectivity index (χ1n) is 7.05. The number of allylic oxidation sites excluding steroid dienone is 4. The van der Waals surface area contributed by atoms with Gasteiger partial charge in [-0.05, 0) is 61.5 Å². The molecule has 1 unspecified atom stereocenters. The Balaban J connectivity index is 2.24. The Morgan fingerprint density at radius 2 is 1.67 bits per heavy atom. The summed E-state index contributed by atoms with van der Waals surface area (Å²) in [5.41, 5.74) is 4.08. The molecular weight excluding hydrogens is 224 g/mol. The molecular formula is C16H20O2. The summed E-state index contributed by atoms with van der Waals surface area (Å²) in [5.74, 6) is 0.983. The number of rotatable bonds is 0. The van der Waals surface area contributed by atoms with Crippen LogP contribution in [0.1, 0.15) is 46.5 Å². The topological polar surface area (TPSA) is 34.1 Å². The third kappa shape index (κ3) is 1.41. The van der Waals surface area contributed by atoms with Gasteiger partial charge in [-0.1, -0.05) is 13.8 Å². The molecule has 0 aromatic carbocycles. The van der Waals surface area contributed by atoms with Crippen molar-refractivity contribution in [3.05, 3.63) is 22.3 Å². The summed E-state index contributed by atoms with van der Waals surface area (Å²) in [7, 11) is 0. The highest BCUT2D eigenvalue weighted by Crippen LogP contribution is 2.50. The zero-order valence-corrected chi connectivity index (χ0v) is 11.4. The lowest BCUT2D eigenvalue weighted by Gasteiger charge is -2.42. The lowest BCUT2D eigenvalue weighted by Crippen LogP contribution is -2.37. The minimum absolute atomic E-state index is 0.211. The van der Waals surface area contributed by atoms with Gasteiger partial charge in [0.2, 0.25) is 11.6 Å². The molecule has 0 N–H and O–H groups in total. The van der Waals surface area contributed by atoms with Crippen LogP contribution in [-0.4, -0.2) is 11.6 Å². The molecule has 0 heterocycles. The van der Waals surface area contributed by atoms with Gasteiger partial charge in [0, 0.05) is 11.1 Å². The fourth-order valence-corrected chi connectivity index (χ4v) is 4.01. The van der Waals surface area contributed by atoms with E-state index in [9.17, 15) is 9.59 Å². The smallest absolute Gasteiger partial charge is 0.229 e. The van der Waals surface area contributed by atoms with E-state index in [1.54, 1.807) is 0 Å². The summed E-state index contributed by atoms with van der Waals surface area (Å²) in [4.78, 5) is 24.3. The lowest BCUT2D eigenvalue weighted by molar-refractivity contribution is -0.132. The number of hydrogen-bond acceptors (Lipinski definition) is 2. The molecule has 0 radical (unpaired) electrons. The van der Waals surface area contributed by atoms with Crippen molar-refractivity contribution in [3.8, 4) is 0 Å². The highest BCUT2D eigenvalue weighted by molar-refractivity contribution is 6.50. The maximum atomic E-state index is 12.3. The van der Waals surface area contributed by atoms with Crippen molar-refractivity contribution >= 4 is 11.6 Å². The molecule has 2 nitrogen and oxygen atoms in total. The normalized spacial score (nSPS) is 36.1. The van der Waals surface area contributed by atoms with Crippen LogP contribution in [0.3, 0.4) is 0 Å². The lowest BCUT2D eigenvalue weighted by atomic mass is 9.61. The van der Waals surface area contributed by atoms with Crippen LogP contribution in [0.4, 0.5) is 0 Å². The average molecular weight is 244 g/mol. The Labute approximate surface area is 108 Å². The van der Waals surface area contributed by atoms with Crippen LogP contribution in [0.15, 0.2) is 22.3 Å². The third-order valence-corrected chi connectivity index (χ3v) is 5.17. The van der Waals surface area contributed by atoms with Crippen molar-refractivity contribution in [2.45, 2.75) is 46.5 Å². The SMILES string of the molecule is CC1=C2CC[C@H](C)C3CC[C@H](C)C(=C23)C(=O)C1=O. The molecule has 0 aromatic rings. The van der Waals surface area contributed by atoms with Gasteiger partial charge in [0.25, 0.3) is 0 Å². The van der Waals surface area contributed by atoms with Gasteiger partial charge in [-0.2, -0.15) is 0 Å². The van der Waals surface area contributed by atoms with E-state index in [0.717, 1.165) is 30.4 Å². The predicted octanol–water partition coefficient (Wildman–Crippen LogP) is 3.23.